The smallest absolute Gasteiger partial charge is 0.183 e. The summed E-state index contributed by atoms with van der Waals surface area (Å²) in [6, 6.07) is 7.57. The van der Waals surface area contributed by atoms with Crippen LogP contribution in [0.25, 0.3) is 22.7 Å². The molecule has 2 aliphatic heterocycles. The van der Waals surface area contributed by atoms with Gasteiger partial charge in [0, 0.05) is 37.0 Å². The number of nitrogens with two attached hydrogens (primary N) is 1. The number of rotatable bonds is 4. The number of azo groups is 1. The van der Waals surface area contributed by atoms with E-state index in [-0.39, 0.29) is 11.8 Å². The molecule has 2 aliphatic rings. The van der Waals surface area contributed by atoms with Crippen LogP contribution in [0.3, 0.4) is 0 Å². The molecule has 1 aromatic carbocycles. The maximum Gasteiger partial charge on any atom is 0.183 e. The van der Waals surface area contributed by atoms with Crippen LogP contribution in [0.2, 0.25) is 0 Å². The lowest BCUT2D eigenvalue weighted by Crippen LogP contribution is -2.42. The third-order valence-corrected chi connectivity index (χ3v) is 5.64. The van der Waals surface area contributed by atoms with Crippen molar-refractivity contribution >= 4 is 28.6 Å². The Morgan fingerprint density at radius 1 is 1.33 bits per heavy atom. The number of pyridine rings is 1. The van der Waals surface area contributed by atoms with Crippen molar-refractivity contribution in [3.63, 3.8) is 0 Å². The van der Waals surface area contributed by atoms with Crippen molar-refractivity contribution in [2.24, 2.45) is 16.0 Å². The van der Waals surface area contributed by atoms with Gasteiger partial charge < -0.3 is 20.0 Å². The topological polar surface area (TPSA) is 109 Å². The Hall–Kier alpha value is -3.23. The van der Waals surface area contributed by atoms with Gasteiger partial charge in [-0.3, -0.25) is 4.90 Å². The highest BCUT2D eigenvalue weighted by Gasteiger charge is 2.24. The summed E-state index contributed by atoms with van der Waals surface area (Å²) < 4.78 is 11.7. The number of hydrogen-bond acceptors (Lipinski definition) is 8. The quantitative estimate of drug-likeness (QED) is 0.677. The molecule has 0 saturated carbocycles. The summed E-state index contributed by atoms with van der Waals surface area (Å²) >= 11 is 0. The SMILES string of the molecule is COc1ccc2c(O)c(C=C3N=Nc4ncccc43)oc2c1CN1CCCC(N)C1. The van der Waals surface area contributed by atoms with Gasteiger partial charge in [-0.1, -0.05) is 0 Å². The zero-order chi connectivity index (χ0) is 20.7. The van der Waals surface area contributed by atoms with Crippen LogP contribution >= 0.6 is 0 Å². The number of nitrogens with zero attached hydrogens (tertiary/aromatic N) is 4. The molecule has 0 radical (unpaired) electrons. The number of ether oxygens (including phenoxy) is 1. The lowest BCUT2D eigenvalue weighted by Gasteiger charge is -2.30. The summed E-state index contributed by atoms with van der Waals surface area (Å²) in [5.41, 5.74) is 9.07. The normalized spacial score (nSPS) is 20.2. The van der Waals surface area contributed by atoms with Gasteiger partial charge in [0.2, 0.25) is 0 Å². The molecule has 2 aromatic heterocycles. The van der Waals surface area contributed by atoms with E-state index in [4.69, 9.17) is 14.9 Å². The highest BCUT2D eigenvalue weighted by molar-refractivity contribution is 5.94. The van der Waals surface area contributed by atoms with Crippen LogP contribution in [-0.2, 0) is 6.54 Å². The summed E-state index contributed by atoms with van der Waals surface area (Å²) in [7, 11) is 1.64. The van der Waals surface area contributed by atoms with Crippen LogP contribution in [0.4, 0.5) is 5.82 Å². The van der Waals surface area contributed by atoms with Crippen molar-refractivity contribution in [3.05, 3.63) is 47.3 Å². The summed E-state index contributed by atoms with van der Waals surface area (Å²) in [5, 5.41) is 19.7. The minimum Gasteiger partial charge on any atom is -0.504 e. The van der Waals surface area contributed by atoms with E-state index in [9.17, 15) is 5.11 Å². The van der Waals surface area contributed by atoms with Crippen molar-refractivity contribution < 1.29 is 14.3 Å². The molecule has 30 heavy (non-hydrogen) atoms. The first-order valence-electron chi connectivity index (χ1n) is 10.0. The first-order valence-corrected chi connectivity index (χ1v) is 10.0. The van der Waals surface area contributed by atoms with Crippen molar-refractivity contribution in [2.45, 2.75) is 25.4 Å². The maximum absolute atomic E-state index is 10.8. The monoisotopic (exact) mass is 405 g/mol. The Morgan fingerprint density at radius 3 is 3.07 bits per heavy atom. The van der Waals surface area contributed by atoms with Crippen molar-refractivity contribution in [2.75, 3.05) is 20.2 Å². The van der Waals surface area contributed by atoms with Gasteiger partial charge in [0.25, 0.3) is 0 Å². The van der Waals surface area contributed by atoms with Crippen LogP contribution in [0.15, 0.2) is 45.1 Å². The molecule has 3 N–H and O–H groups in total. The van der Waals surface area contributed by atoms with E-state index >= 15 is 0 Å². The zero-order valence-corrected chi connectivity index (χ0v) is 16.7. The fourth-order valence-electron chi connectivity index (χ4n) is 4.16. The molecule has 0 aliphatic carbocycles. The third kappa shape index (κ3) is 3.24. The van der Waals surface area contributed by atoms with Gasteiger partial charge in [-0.2, -0.15) is 0 Å². The lowest BCUT2D eigenvalue weighted by molar-refractivity contribution is 0.199. The summed E-state index contributed by atoms with van der Waals surface area (Å²) in [5.74, 6) is 1.69. The molecular weight excluding hydrogens is 382 g/mol. The maximum atomic E-state index is 10.8. The van der Waals surface area contributed by atoms with Gasteiger partial charge in [0.05, 0.1) is 18.1 Å². The molecule has 8 heteroatoms. The summed E-state index contributed by atoms with van der Waals surface area (Å²) in [6.07, 6.45) is 5.48. The third-order valence-electron chi connectivity index (χ3n) is 5.64. The fourth-order valence-corrected chi connectivity index (χ4v) is 4.16. The predicted octanol–water partition coefficient (Wildman–Crippen LogP) is 4.06. The predicted molar refractivity (Wildman–Crippen MR) is 114 cm³/mol. The number of benzene rings is 1. The molecule has 0 spiro atoms. The summed E-state index contributed by atoms with van der Waals surface area (Å²) in [4.78, 5) is 6.50. The first kappa shape index (κ1) is 18.8. The van der Waals surface area contributed by atoms with Crippen LogP contribution in [-0.4, -0.2) is 41.2 Å². The van der Waals surface area contributed by atoms with Crippen molar-refractivity contribution in [1.29, 1.82) is 0 Å². The molecule has 1 atom stereocenters. The van der Waals surface area contributed by atoms with Gasteiger partial charge in [0.15, 0.2) is 17.3 Å². The molecule has 8 nitrogen and oxygen atoms in total. The molecular formula is C22H23N5O3. The van der Waals surface area contributed by atoms with E-state index in [0.29, 0.717) is 34.8 Å². The standard InChI is InChI=1S/C22H23N5O3/c1-29-18-7-6-15-20(28)19(10-17-14-5-2-8-24-22(14)26-25-17)30-21(15)16(18)12-27-9-3-4-13(23)11-27/h2,5-8,10,13,28H,3-4,9,11-12,23H2,1H3. The highest BCUT2D eigenvalue weighted by atomic mass is 16.5. The van der Waals surface area contributed by atoms with E-state index in [2.05, 4.69) is 20.1 Å². The minimum atomic E-state index is 0.0734. The van der Waals surface area contributed by atoms with Gasteiger partial charge in [-0.25, -0.2) is 4.98 Å². The van der Waals surface area contributed by atoms with E-state index in [0.717, 1.165) is 42.8 Å². The van der Waals surface area contributed by atoms with Crippen molar-refractivity contribution in [1.82, 2.24) is 9.88 Å². The minimum absolute atomic E-state index is 0.0734. The number of likely N-dealkylation sites (tertiary alicyclic amines) is 1. The number of aromatic hydroxyl groups is 1. The molecule has 1 saturated heterocycles. The molecule has 154 valence electrons. The molecule has 4 heterocycles. The highest BCUT2D eigenvalue weighted by Crippen LogP contribution is 2.41. The van der Waals surface area contributed by atoms with Crippen LogP contribution in [0.5, 0.6) is 11.5 Å². The summed E-state index contributed by atoms with van der Waals surface area (Å²) in [6.45, 7) is 2.44. The number of hydrogen-bond donors (Lipinski definition) is 2. The van der Waals surface area contributed by atoms with Gasteiger partial charge in [0.1, 0.15) is 17.0 Å². The number of aromatic nitrogens is 1. The second kappa shape index (κ2) is 7.55. The molecule has 0 bridgehead atoms. The Morgan fingerprint density at radius 2 is 2.23 bits per heavy atom. The van der Waals surface area contributed by atoms with Crippen molar-refractivity contribution in [3.8, 4) is 11.5 Å². The second-order valence-electron chi connectivity index (χ2n) is 7.68. The molecule has 5 rings (SSSR count). The molecule has 3 aromatic rings. The largest absolute Gasteiger partial charge is 0.504 e. The number of furan rings is 1. The average Bonchev–Trinajstić information content (AvgIpc) is 3.30. The lowest BCUT2D eigenvalue weighted by atomic mass is 10.0. The van der Waals surface area contributed by atoms with Gasteiger partial charge in [-0.05, 0) is 43.7 Å². The fraction of sp³-hybridized carbons (Fsp3) is 0.318. The molecule has 1 fully saturated rings. The van der Waals surface area contributed by atoms with Gasteiger partial charge >= 0.3 is 0 Å². The van der Waals surface area contributed by atoms with Crippen LogP contribution < -0.4 is 10.5 Å². The number of piperidine rings is 1. The molecule has 0 amide bonds. The van der Waals surface area contributed by atoms with E-state index < -0.39 is 0 Å². The van der Waals surface area contributed by atoms with E-state index in [1.165, 1.54) is 0 Å². The number of methoxy groups -OCH3 is 1. The average molecular weight is 405 g/mol. The second-order valence-corrected chi connectivity index (χ2v) is 7.68. The Kier molecular flexibility index (Phi) is 4.72. The van der Waals surface area contributed by atoms with Crippen LogP contribution in [0, 0.1) is 0 Å². The van der Waals surface area contributed by atoms with E-state index in [1.807, 2.05) is 24.3 Å². The van der Waals surface area contributed by atoms with Crippen LogP contribution in [0.1, 0.15) is 29.7 Å². The Balaban J connectivity index is 1.57. The molecule has 1 unspecified atom stereocenters. The Bertz CT molecular complexity index is 1170. The number of fused-ring (bicyclic) bond motifs is 2. The first-order chi connectivity index (χ1) is 14.6. The van der Waals surface area contributed by atoms with Gasteiger partial charge in [-0.15, -0.1) is 10.2 Å². The Labute approximate surface area is 173 Å². The zero-order valence-electron chi connectivity index (χ0n) is 16.7. The van der Waals surface area contributed by atoms with E-state index in [1.54, 1.807) is 19.4 Å².